The van der Waals surface area contributed by atoms with Crippen molar-refractivity contribution < 1.29 is 22.3 Å². The molecule has 4 aromatic rings. The van der Waals surface area contributed by atoms with E-state index in [9.17, 15) is 13.2 Å². The van der Waals surface area contributed by atoms with Gasteiger partial charge in [0.25, 0.3) is 0 Å². The second kappa shape index (κ2) is 11.4. The standard InChI is InChI=1S/C30H28F4O/c1-2-3-21-5-10-23(28(31)19-21)11-6-22-9-17-27-25(18-22)14-13-24(29(27)32)12-4-20-7-15-26(16-8-20)35-30(33)34/h5,7-10,13-19,30H,2-4,6,11-12H2,1H3. The van der Waals surface area contributed by atoms with Crippen molar-refractivity contribution in [1.29, 1.82) is 0 Å². The van der Waals surface area contributed by atoms with E-state index in [2.05, 4.69) is 11.7 Å². The van der Waals surface area contributed by atoms with Gasteiger partial charge in [-0.25, -0.2) is 8.78 Å². The Balaban J connectivity index is 1.41. The van der Waals surface area contributed by atoms with Crippen molar-refractivity contribution >= 4 is 10.8 Å². The lowest BCUT2D eigenvalue weighted by Gasteiger charge is -2.10. The van der Waals surface area contributed by atoms with Crippen LogP contribution in [0.5, 0.6) is 5.75 Å². The van der Waals surface area contributed by atoms with Gasteiger partial charge in [-0.3, -0.25) is 0 Å². The van der Waals surface area contributed by atoms with Crippen molar-refractivity contribution in [3.05, 3.63) is 112 Å². The van der Waals surface area contributed by atoms with Crippen molar-refractivity contribution in [2.75, 3.05) is 0 Å². The van der Waals surface area contributed by atoms with E-state index in [4.69, 9.17) is 0 Å². The molecule has 0 bridgehead atoms. The van der Waals surface area contributed by atoms with Crippen LogP contribution < -0.4 is 4.74 Å². The molecule has 0 unspecified atom stereocenters. The highest BCUT2D eigenvalue weighted by Crippen LogP contribution is 2.25. The van der Waals surface area contributed by atoms with Gasteiger partial charge in [-0.15, -0.1) is 0 Å². The monoisotopic (exact) mass is 480 g/mol. The maximum absolute atomic E-state index is 15.2. The third-order valence-electron chi connectivity index (χ3n) is 6.27. The fourth-order valence-electron chi connectivity index (χ4n) is 4.37. The molecule has 4 aromatic carbocycles. The molecule has 182 valence electrons. The maximum atomic E-state index is 15.2. The minimum atomic E-state index is -2.86. The van der Waals surface area contributed by atoms with Crippen LogP contribution >= 0.6 is 0 Å². The van der Waals surface area contributed by atoms with Crippen LogP contribution in [0.3, 0.4) is 0 Å². The van der Waals surface area contributed by atoms with Crippen molar-refractivity contribution in [3.8, 4) is 5.75 Å². The molecule has 0 radical (unpaired) electrons. The van der Waals surface area contributed by atoms with E-state index in [1.54, 1.807) is 30.3 Å². The van der Waals surface area contributed by atoms with E-state index in [-0.39, 0.29) is 17.4 Å². The summed E-state index contributed by atoms with van der Waals surface area (Å²) >= 11 is 0. The van der Waals surface area contributed by atoms with Gasteiger partial charge in [0.15, 0.2) is 0 Å². The summed E-state index contributed by atoms with van der Waals surface area (Å²) in [6, 6.07) is 21.3. The van der Waals surface area contributed by atoms with Crippen LogP contribution in [0.15, 0.2) is 72.8 Å². The Morgan fingerprint density at radius 2 is 1.29 bits per heavy atom. The lowest BCUT2D eigenvalue weighted by molar-refractivity contribution is -0.0498. The van der Waals surface area contributed by atoms with Gasteiger partial charge >= 0.3 is 6.61 Å². The van der Waals surface area contributed by atoms with Crippen LogP contribution in [-0.2, 0) is 32.1 Å². The van der Waals surface area contributed by atoms with E-state index in [0.29, 0.717) is 42.2 Å². The fourth-order valence-corrected chi connectivity index (χ4v) is 4.37. The lowest BCUT2D eigenvalue weighted by atomic mass is 9.97. The molecule has 1 nitrogen and oxygen atoms in total. The molecule has 0 heterocycles. The van der Waals surface area contributed by atoms with Crippen LogP contribution in [-0.4, -0.2) is 6.61 Å². The second-order valence-corrected chi connectivity index (χ2v) is 8.79. The highest BCUT2D eigenvalue weighted by molar-refractivity contribution is 5.84. The van der Waals surface area contributed by atoms with Gasteiger partial charge in [0.1, 0.15) is 17.4 Å². The molecule has 0 saturated heterocycles. The number of fused-ring (bicyclic) bond motifs is 1. The summed E-state index contributed by atoms with van der Waals surface area (Å²) in [5.41, 5.74) is 4.26. The van der Waals surface area contributed by atoms with Crippen molar-refractivity contribution in [3.63, 3.8) is 0 Å². The number of rotatable bonds is 10. The Morgan fingerprint density at radius 3 is 2.00 bits per heavy atom. The first-order valence-corrected chi connectivity index (χ1v) is 11.9. The molecule has 0 aliphatic rings. The SMILES string of the molecule is CCCc1ccc(CCc2ccc3c(F)c(CCc4ccc(OC(F)F)cc4)ccc3c2)c(F)c1. The van der Waals surface area contributed by atoms with E-state index in [1.807, 2.05) is 30.3 Å². The molecule has 0 N–H and O–H groups in total. The number of ether oxygens (including phenoxy) is 1. The van der Waals surface area contributed by atoms with Gasteiger partial charge in [0.05, 0.1) is 0 Å². The average Bonchev–Trinajstić information content (AvgIpc) is 2.84. The molecule has 5 heteroatoms. The summed E-state index contributed by atoms with van der Waals surface area (Å²) in [7, 11) is 0. The summed E-state index contributed by atoms with van der Waals surface area (Å²) in [4.78, 5) is 0. The van der Waals surface area contributed by atoms with Gasteiger partial charge in [-0.2, -0.15) is 8.78 Å². The van der Waals surface area contributed by atoms with Crippen LogP contribution in [0.2, 0.25) is 0 Å². The Morgan fingerprint density at radius 1 is 0.657 bits per heavy atom. The molecular formula is C30H28F4O. The number of halogens is 4. The predicted molar refractivity (Wildman–Crippen MR) is 132 cm³/mol. The Bertz CT molecular complexity index is 1280. The topological polar surface area (TPSA) is 9.23 Å². The highest BCUT2D eigenvalue weighted by Gasteiger charge is 2.10. The fraction of sp³-hybridized carbons (Fsp3) is 0.267. The highest BCUT2D eigenvalue weighted by atomic mass is 19.3. The Hall–Kier alpha value is -3.34. The van der Waals surface area contributed by atoms with Crippen LogP contribution in [0.25, 0.3) is 10.8 Å². The molecule has 0 atom stereocenters. The largest absolute Gasteiger partial charge is 0.435 e. The number of aryl methyl sites for hydroxylation is 5. The minimum Gasteiger partial charge on any atom is -0.435 e. The zero-order chi connectivity index (χ0) is 24.8. The summed E-state index contributed by atoms with van der Waals surface area (Å²) in [5.74, 6) is -0.305. The zero-order valence-electron chi connectivity index (χ0n) is 19.7. The van der Waals surface area contributed by atoms with Crippen LogP contribution in [0.4, 0.5) is 17.6 Å². The third kappa shape index (κ3) is 6.41. The first-order valence-electron chi connectivity index (χ1n) is 11.9. The van der Waals surface area contributed by atoms with Gasteiger partial charge in [-0.05, 0) is 83.5 Å². The number of hydrogen-bond acceptors (Lipinski definition) is 1. The number of alkyl halides is 2. The van der Waals surface area contributed by atoms with Gasteiger partial charge in [0.2, 0.25) is 0 Å². The quantitative estimate of drug-likeness (QED) is 0.208. The summed E-state index contributed by atoms with van der Waals surface area (Å²) in [5, 5.41) is 1.37. The normalized spacial score (nSPS) is 11.4. The molecule has 4 rings (SSSR count). The summed E-state index contributed by atoms with van der Waals surface area (Å²) < 4.78 is 58.5. The number of benzene rings is 4. The van der Waals surface area contributed by atoms with E-state index >= 15 is 4.39 Å². The van der Waals surface area contributed by atoms with Crippen molar-refractivity contribution in [2.45, 2.75) is 52.1 Å². The molecule has 0 spiro atoms. The third-order valence-corrected chi connectivity index (χ3v) is 6.27. The molecule has 0 aliphatic heterocycles. The Kier molecular flexibility index (Phi) is 8.06. The van der Waals surface area contributed by atoms with Crippen molar-refractivity contribution in [1.82, 2.24) is 0 Å². The lowest BCUT2D eigenvalue weighted by Crippen LogP contribution is -2.02. The molecule has 0 saturated carbocycles. The average molecular weight is 481 g/mol. The molecule has 0 aromatic heterocycles. The number of hydrogen-bond donors (Lipinski definition) is 0. The van der Waals surface area contributed by atoms with E-state index in [1.165, 1.54) is 12.1 Å². The second-order valence-electron chi connectivity index (χ2n) is 8.79. The predicted octanol–water partition coefficient (Wildman–Crippen LogP) is 8.24. The molecule has 0 fully saturated rings. The van der Waals surface area contributed by atoms with Gasteiger partial charge in [0, 0.05) is 5.39 Å². The smallest absolute Gasteiger partial charge is 0.387 e. The van der Waals surface area contributed by atoms with Crippen LogP contribution in [0.1, 0.15) is 41.2 Å². The Labute approximate surface area is 203 Å². The summed E-state index contributed by atoms with van der Waals surface area (Å²) in [6.45, 7) is -0.779. The van der Waals surface area contributed by atoms with Gasteiger partial charge < -0.3 is 4.74 Å². The van der Waals surface area contributed by atoms with Gasteiger partial charge in [-0.1, -0.05) is 67.9 Å². The maximum Gasteiger partial charge on any atom is 0.387 e. The first-order chi connectivity index (χ1) is 16.9. The van der Waals surface area contributed by atoms with E-state index in [0.717, 1.165) is 34.9 Å². The zero-order valence-corrected chi connectivity index (χ0v) is 19.7. The molecular weight excluding hydrogens is 452 g/mol. The van der Waals surface area contributed by atoms with Crippen molar-refractivity contribution in [2.24, 2.45) is 0 Å². The minimum absolute atomic E-state index is 0.104. The summed E-state index contributed by atoms with van der Waals surface area (Å²) in [6.07, 6.45) is 4.20. The first kappa shape index (κ1) is 24.8. The van der Waals surface area contributed by atoms with E-state index < -0.39 is 6.61 Å². The molecule has 35 heavy (non-hydrogen) atoms. The molecule has 0 amide bonds. The van der Waals surface area contributed by atoms with Crippen LogP contribution in [0, 0.1) is 11.6 Å². The molecule has 0 aliphatic carbocycles.